The molecule has 19 heavy (non-hydrogen) atoms. The summed E-state index contributed by atoms with van der Waals surface area (Å²) >= 11 is 0. The van der Waals surface area contributed by atoms with Crippen LogP contribution in [0.2, 0.25) is 0 Å². The third-order valence-electron chi connectivity index (χ3n) is 3.80. The molecule has 0 aliphatic rings. The van der Waals surface area contributed by atoms with Crippen LogP contribution in [-0.4, -0.2) is 4.98 Å². The highest BCUT2D eigenvalue weighted by Gasteiger charge is 2.03. The van der Waals surface area contributed by atoms with Crippen LogP contribution in [0.25, 0.3) is 21.7 Å². The predicted molar refractivity (Wildman–Crippen MR) is 82.7 cm³/mol. The topological polar surface area (TPSA) is 12.9 Å². The number of fused-ring (bicyclic) bond motifs is 2. The van der Waals surface area contributed by atoms with E-state index >= 15 is 0 Å². The third-order valence-corrected chi connectivity index (χ3v) is 3.80. The SMILES string of the molecule is CCc1cnc2cc3ccc(C(C)C)cc3cc2c1. The van der Waals surface area contributed by atoms with Gasteiger partial charge in [0.2, 0.25) is 0 Å². The number of hydrogen-bond donors (Lipinski definition) is 0. The second-order valence-corrected chi connectivity index (χ2v) is 5.50. The van der Waals surface area contributed by atoms with E-state index in [0.29, 0.717) is 5.92 Å². The summed E-state index contributed by atoms with van der Waals surface area (Å²) in [7, 11) is 0. The van der Waals surface area contributed by atoms with Crippen molar-refractivity contribution in [2.24, 2.45) is 0 Å². The summed E-state index contributed by atoms with van der Waals surface area (Å²) in [6, 6.07) is 13.4. The van der Waals surface area contributed by atoms with Crippen molar-refractivity contribution in [3.05, 3.63) is 53.7 Å². The summed E-state index contributed by atoms with van der Waals surface area (Å²) in [5.74, 6) is 0.570. The molecule has 1 aromatic heterocycles. The van der Waals surface area contributed by atoms with Gasteiger partial charge in [-0.05, 0) is 52.4 Å². The van der Waals surface area contributed by atoms with Crippen molar-refractivity contribution >= 4 is 21.7 Å². The van der Waals surface area contributed by atoms with E-state index in [1.807, 2.05) is 6.20 Å². The molecule has 1 heteroatoms. The maximum atomic E-state index is 4.56. The summed E-state index contributed by atoms with van der Waals surface area (Å²) in [6.07, 6.45) is 3.02. The van der Waals surface area contributed by atoms with Crippen LogP contribution in [0.15, 0.2) is 42.6 Å². The Balaban J connectivity index is 2.26. The van der Waals surface area contributed by atoms with Gasteiger partial charge in [-0.1, -0.05) is 39.0 Å². The second kappa shape index (κ2) is 4.65. The van der Waals surface area contributed by atoms with Gasteiger partial charge in [0.15, 0.2) is 0 Å². The lowest BCUT2D eigenvalue weighted by atomic mass is 9.98. The van der Waals surface area contributed by atoms with Gasteiger partial charge in [-0.15, -0.1) is 0 Å². The number of hydrogen-bond acceptors (Lipinski definition) is 1. The van der Waals surface area contributed by atoms with E-state index in [4.69, 9.17) is 0 Å². The van der Waals surface area contributed by atoms with Crippen LogP contribution in [0, 0.1) is 0 Å². The van der Waals surface area contributed by atoms with Crippen LogP contribution >= 0.6 is 0 Å². The van der Waals surface area contributed by atoms with Gasteiger partial charge in [0.05, 0.1) is 5.52 Å². The van der Waals surface area contributed by atoms with Gasteiger partial charge < -0.3 is 0 Å². The van der Waals surface area contributed by atoms with Crippen molar-refractivity contribution in [1.29, 1.82) is 0 Å². The Morgan fingerprint density at radius 2 is 1.79 bits per heavy atom. The third kappa shape index (κ3) is 2.21. The molecule has 96 valence electrons. The fourth-order valence-corrected chi connectivity index (χ4v) is 2.49. The summed E-state index contributed by atoms with van der Waals surface area (Å²) in [4.78, 5) is 4.56. The monoisotopic (exact) mass is 249 g/mol. The summed E-state index contributed by atoms with van der Waals surface area (Å²) in [6.45, 7) is 6.64. The fraction of sp³-hybridized carbons (Fsp3) is 0.278. The van der Waals surface area contributed by atoms with E-state index < -0.39 is 0 Å². The Hall–Kier alpha value is -1.89. The minimum absolute atomic E-state index is 0.570. The van der Waals surface area contributed by atoms with E-state index in [9.17, 15) is 0 Å². The molecule has 0 saturated heterocycles. The highest BCUT2D eigenvalue weighted by atomic mass is 14.6. The minimum Gasteiger partial charge on any atom is -0.256 e. The van der Waals surface area contributed by atoms with Crippen molar-refractivity contribution in [2.45, 2.75) is 33.1 Å². The van der Waals surface area contributed by atoms with Crippen LogP contribution in [0.3, 0.4) is 0 Å². The van der Waals surface area contributed by atoms with Crippen LogP contribution in [0.4, 0.5) is 0 Å². The standard InChI is InChI=1S/C18H19N/c1-4-13-7-17-9-16-8-14(12(2)3)5-6-15(16)10-18(17)19-11-13/h5-12H,4H2,1-3H3. The zero-order valence-electron chi connectivity index (χ0n) is 11.8. The van der Waals surface area contributed by atoms with Gasteiger partial charge in [-0.25, -0.2) is 0 Å². The minimum atomic E-state index is 0.570. The van der Waals surface area contributed by atoms with Crippen molar-refractivity contribution in [1.82, 2.24) is 4.98 Å². The fourth-order valence-electron chi connectivity index (χ4n) is 2.49. The summed E-state index contributed by atoms with van der Waals surface area (Å²) in [5, 5.41) is 3.83. The molecule has 0 saturated carbocycles. The number of benzene rings is 2. The molecule has 0 amide bonds. The average Bonchev–Trinajstić information content (AvgIpc) is 2.43. The molecule has 0 unspecified atom stereocenters. The predicted octanol–water partition coefficient (Wildman–Crippen LogP) is 5.07. The van der Waals surface area contributed by atoms with Gasteiger partial charge in [0, 0.05) is 11.6 Å². The zero-order valence-corrected chi connectivity index (χ0v) is 11.8. The quantitative estimate of drug-likeness (QED) is 0.577. The first-order valence-electron chi connectivity index (χ1n) is 6.99. The van der Waals surface area contributed by atoms with Crippen molar-refractivity contribution in [2.75, 3.05) is 0 Å². The first kappa shape index (κ1) is 12.2. The van der Waals surface area contributed by atoms with Crippen molar-refractivity contribution < 1.29 is 0 Å². The largest absolute Gasteiger partial charge is 0.256 e. The molecular formula is C18H19N. The Morgan fingerprint density at radius 1 is 0.947 bits per heavy atom. The number of aromatic nitrogens is 1. The van der Waals surface area contributed by atoms with E-state index in [1.54, 1.807) is 0 Å². The molecule has 0 aliphatic carbocycles. The zero-order chi connectivity index (χ0) is 13.4. The highest BCUT2D eigenvalue weighted by Crippen LogP contribution is 2.25. The normalized spacial score (nSPS) is 11.6. The Bertz CT molecular complexity index is 741. The lowest BCUT2D eigenvalue weighted by Gasteiger charge is -2.08. The van der Waals surface area contributed by atoms with Crippen LogP contribution in [0.1, 0.15) is 37.8 Å². The van der Waals surface area contributed by atoms with Gasteiger partial charge in [-0.2, -0.15) is 0 Å². The molecule has 1 nitrogen and oxygen atoms in total. The molecule has 0 spiro atoms. The molecule has 3 rings (SSSR count). The molecule has 0 N–H and O–H groups in total. The van der Waals surface area contributed by atoms with Gasteiger partial charge >= 0.3 is 0 Å². The molecule has 0 bridgehead atoms. The summed E-state index contributed by atoms with van der Waals surface area (Å²) < 4.78 is 0. The smallest absolute Gasteiger partial charge is 0.0708 e. The molecule has 2 aromatic carbocycles. The van der Waals surface area contributed by atoms with E-state index in [-0.39, 0.29) is 0 Å². The van der Waals surface area contributed by atoms with E-state index in [0.717, 1.165) is 11.9 Å². The molecule has 0 radical (unpaired) electrons. The molecule has 0 atom stereocenters. The van der Waals surface area contributed by atoms with Crippen LogP contribution in [-0.2, 0) is 6.42 Å². The molecule has 0 aliphatic heterocycles. The van der Waals surface area contributed by atoms with E-state index in [1.165, 1.54) is 27.3 Å². The Kier molecular flexibility index (Phi) is 2.98. The van der Waals surface area contributed by atoms with Gasteiger partial charge in [0.25, 0.3) is 0 Å². The number of rotatable bonds is 2. The summed E-state index contributed by atoms with van der Waals surface area (Å²) in [5.41, 5.74) is 3.78. The van der Waals surface area contributed by atoms with Crippen LogP contribution < -0.4 is 0 Å². The molecule has 0 fully saturated rings. The molecular weight excluding hydrogens is 230 g/mol. The van der Waals surface area contributed by atoms with Crippen molar-refractivity contribution in [3.63, 3.8) is 0 Å². The Labute approximate surface area is 114 Å². The first-order valence-corrected chi connectivity index (χ1v) is 6.99. The number of pyridine rings is 1. The van der Waals surface area contributed by atoms with Crippen LogP contribution in [0.5, 0.6) is 0 Å². The molecule has 3 aromatic rings. The van der Waals surface area contributed by atoms with Gasteiger partial charge in [0.1, 0.15) is 0 Å². The van der Waals surface area contributed by atoms with Crippen molar-refractivity contribution in [3.8, 4) is 0 Å². The maximum absolute atomic E-state index is 4.56. The molecule has 1 heterocycles. The number of nitrogens with zero attached hydrogens (tertiary/aromatic N) is 1. The number of aryl methyl sites for hydroxylation is 1. The maximum Gasteiger partial charge on any atom is 0.0708 e. The first-order chi connectivity index (χ1) is 9.17. The second-order valence-electron chi connectivity index (χ2n) is 5.50. The van der Waals surface area contributed by atoms with E-state index in [2.05, 4.69) is 62.2 Å². The lowest BCUT2D eigenvalue weighted by molar-refractivity contribution is 0.869. The lowest BCUT2D eigenvalue weighted by Crippen LogP contribution is -1.88. The average molecular weight is 249 g/mol. The Morgan fingerprint density at radius 3 is 2.53 bits per heavy atom. The van der Waals surface area contributed by atoms with Gasteiger partial charge in [-0.3, -0.25) is 4.98 Å². The highest BCUT2D eigenvalue weighted by molar-refractivity contribution is 5.96.